The number of carbonyl (C=O) groups is 4. The average Bonchev–Trinajstić information content (AvgIpc) is 3.15. The van der Waals surface area contributed by atoms with E-state index in [4.69, 9.17) is 5.11 Å². The van der Waals surface area contributed by atoms with Gasteiger partial charge in [0.25, 0.3) is 5.78 Å². The third-order valence-corrected chi connectivity index (χ3v) is 4.36. The Bertz CT molecular complexity index is 922. The SMILES string of the molecule is CC(=O)c1nn(CC(=O)N2C[C@H](F)C[C@H]2C(=O)C(=O)O)c2ccccc12. The summed E-state index contributed by atoms with van der Waals surface area (Å²) in [4.78, 5) is 47.9. The molecule has 1 N–H and O–H groups in total. The highest BCUT2D eigenvalue weighted by Crippen LogP contribution is 2.23. The van der Waals surface area contributed by atoms with Crippen LogP contribution in [0.2, 0.25) is 0 Å². The van der Waals surface area contributed by atoms with Crippen LogP contribution in [0.3, 0.4) is 0 Å². The number of likely N-dealkylation sites (tertiary alicyclic amines) is 1. The molecule has 1 aromatic heterocycles. The highest BCUT2D eigenvalue weighted by Gasteiger charge is 2.42. The molecule has 1 fully saturated rings. The molecule has 1 amide bonds. The number of hydrogen-bond donors (Lipinski definition) is 1. The van der Waals surface area contributed by atoms with E-state index in [0.717, 1.165) is 4.90 Å². The molecular formula is C17H16FN3O5. The molecule has 2 aromatic rings. The molecule has 1 saturated heterocycles. The molecule has 3 rings (SSSR count). The number of carboxylic acid groups (broad SMARTS) is 1. The van der Waals surface area contributed by atoms with Crippen LogP contribution in [0.5, 0.6) is 0 Å². The van der Waals surface area contributed by atoms with Crippen molar-refractivity contribution in [2.75, 3.05) is 6.54 Å². The second-order valence-corrected chi connectivity index (χ2v) is 6.14. The lowest BCUT2D eigenvalue weighted by atomic mass is 10.1. The fraction of sp³-hybridized carbons (Fsp3) is 0.353. The minimum atomic E-state index is -1.70. The summed E-state index contributed by atoms with van der Waals surface area (Å²) in [5.41, 5.74) is 0.750. The predicted octanol–water partition coefficient (Wildman–Crippen LogP) is 0.832. The first kappa shape index (κ1) is 17.7. The fourth-order valence-electron chi connectivity index (χ4n) is 3.18. The van der Waals surface area contributed by atoms with Crippen molar-refractivity contribution in [1.29, 1.82) is 0 Å². The van der Waals surface area contributed by atoms with Crippen LogP contribution in [0, 0.1) is 0 Å². The van der Waals surface area contributed by atoms with Crippen molar-refractivity contribution in [2.45, 2.75) is 32.1 Å². The smallest absolute Gasteiger partial charge is 0.374 e. The molecule has 0 saturated carbocycles. The molecule has 1 aromatic carbocycles. The fourth-order valence-corrected chi connectivity index (χ4v) is 3.18. The summed E-state index contributed by atoms with van der Waals surface area (Å²) in [6.45, 7) is 0.682. The second kappa shape index (κ2) is 6.66. The molecule has 1 aliphatic heterocycles. The average molecular weight is 361 g/mol. The molecule has 26 heavy (non-hydrogen) atoms. The van der Waals surface area contributed by atoms with E-state index < -0.39 is 29.9 Å². The van der Waals surface area contributed by atoms with E-state index in [1.165, 1.54) is 11.6 Å². The summed E-state index contributed by atoms with van der Waals surface area (Å²) in [6, 6.07) is 5.51. The summed E-state index contributed by atoms with van der Waals surface area (Å²) >= 11 is 0. The number of para-hydroxylation sites is 1. The summed E-state index contributed by atoms with van der Waals surface area (Å²) in [5.74, 6) is -3.82. The molecule has 0 spiro atoms. The molecule has 2 heterocycles. The standard InChI is InChI=1S/C17H16FN3O5/c1-9(22)15-11-4-2-3-5-12(11)21(19-15)8-14(23)20-7-10(18)6-13(20)16(24)17(25)26/h2-5,10,13H,6-8H2,1H3,(H,25,26)/t10-,13+/m1/s1. The van der Waals surface area contributed by atoms with Gasteiger partial charge in [0.15, 0.2) is 5.78 Å². The zero-order valence-electron chi connectivity index (χ0n) is 13.9. The van der Waals surface area contributed by atoms with Crippen molar-refractivity contribution in [1.82, 2.24) is 14.7 Å². The first-order chi connectivity index (χ1) is 12.3. The molecule has 0 aliphatic carbocycles. The minimum Gasteiger partial charge on any atom is -0.475 e. The zero-order chi connectivity index (χ0) is 19.0. The number of halogens is 1. The minimum absolute atomic E-state index is 0.205. The van der Waals surface area contributed by atoms with Crippen molar-refractivity contribution in [2.24, 2.45) is 0 Å². The number of Topliss-reactive ketones (excluding diaryl/α,β-unsaturated/α-hetero) is 2. The number of fused-ring (bicyclic) bond motifs is 1. The maximum Gasteiger partial charge on any atom is 0.374 e. The van der Waals surface area contributed by atoms with Gasteiger partial charge in [0.1, 0.15) is 24.5 Å². The summed E-state index contributed by atoms with van der Waals surface area (Å²) in [5, 5.41) is 13.6. The molecule has 8 nitrogen and oxygen atoms in total. The molecule has 0 unspecified atom stereocenters. The normalized spacial score (nSPS) is 19.7. The Morgan fingerprint density at radius 1 is 1.27 bits per heavy atom. The number of carboxylic acids is 1. The van der Waals surface area contributed by atoms with Gasteiger partial charge in [0, 0.05) is 18.7 Å². The Morgan fingerprint density at radius 3 is 2.62 bits per heavy atom. The lowest BCUT2D eigenvalue weighted by molar-refractivity contribution is -0.152. The summed E-state index contributed by atoms with van der Waals surface area (Å²) < 4.78 is 15.0. The van der Waals surface area contributed by atoms with E-state index in [2.05, 4.69) is 5.10 Å². The number of benzene rings is 1. The second-order valence-electron chi connectivity index (χ2n) is 6.14. The van der Waals surface area contributed by atoms with Crippen molar-refractivity contribution in [3.63, 3.8) is 0 Å². The highest BCUT2D eigenvalue weighted by molar-refractivity contribution is 6.35. The zero-order valence-corrected chi connectivity index (χ0v) is 13.9. The highest BCUT2D eigenvalue weighted by atomic mass is 19.1. The molecule has 2 atom stereocenters. The van der Waals surface area contributed by atoms with Gasteiger partial charge in [-0.2, -0.15) is 5.10 Å². The number of nitrogens with zero attached hydrogens (tertiary/aromatic N) is 3. The van der Waals surface area contributed by atoms with E-state index in [9.17, 15) is 23.6 Å². The van der Waals surface area contributed by atoms with Crippen LogP contribution in [0.1, 0.15) is 23.8 Å². The van der Waals surface area contributed by atoms with E-state index >= 15 is 0 Å². The number of aliphatic carboxylic acids is 1. The number of carbonyl (C=O) groups excluding carboxylic acids is 3. The van der Waals surface area contributed by atoms with Gasteiger partial charge in [0.2, 0.25) is 5.91 Å². The maximum atomic E-state index is 13.7. The largest absolute Gasteiger partial charge is 0.475 e. The van der Waals surface area contributed by atoms with Crippen LogP contribution in [0.25, 0.3) is 10.9 Å². The van der Waals surface area contributed by atoms with Crippen molar-refractivity contribution >= 4 is 34.3 Å². The molecule has 0 radical (unpaired) electrons. The van der Waals surface area contributed by atoms with Gasteiger partial charge in [-0.15, -0.1) is 0 Å². The number of rotatable bonds is 5. The van der Waals surface area contributed by atoms with E-state index in [-0.39, 0.29) is 31.0 Å². The Balaban J connectivity index is 1.90. The summed E-state index contributed by atoms with van der Waals surface area (Å²) in [7, 11) is 0. The van der Waals surface area contributed by atoms with Crippen LogP contribution in [0.15, 0.2) is 24.3 Å². The lowest BCUT2D eigenvalue weighted by Crippen LogP contribution is -2.44. The van der Waals surface area contributed by atoms with Crippen LogP contribution >= 0.6 is 0 Å². The van der Waals surface area contributed by atoms with Gasteiger partial charge < -0.3 is 10.0 Å². The third-order valence-electron chi connectivity index (χ3n) is 4.36. The first-order valence-electron chi connectivity index (χ1n) is 7.96. The monoisotopic (exact) mass is 361 g/mol. The molecule has 0 bridgehead atoms. The Labute approximate surface area is 147 Å². The van der Waals surface area contributed by atoms with Gasteiger partial charge in [-0.3, -0.25) is 19.1 Å². The van der Waals surface area contributed by atoms with Crippen molar-refractivity contribution < 1.29 is 28.7 Å². The third kappa shape index (κ3) is 3.07. The Morgan fingerprint density at radius 2 is 1.96 bits per heavy atom. The molecule has 9 heteroatoms. The molecule has 136 valence electrons. The van der Waals surface area contributed by atoms with Gasteiger partial charge in [-0.05, 0) is 6.07 Å². The number of alkyl halides is 1. The van der Waals surface area contributed by atoms with Crippen LogP contribution in [-0.4, -0.2) is 62.0 Å². The number of hydrogen-bond acceptors (Lipinski definition) is 5. The number of ketones is 2. The number of aromatic nitrogens is 2. The van der Waals surface area contributed by atoms with E-state index in [0.29, 0.717) is 10.9 Å². The predicted molar refractivity (Wildman–Crippen MR) is 87.4 cm³/mol. The quantitative estimate of drug-likeness (QED) is 0.624. The van der Waals surface area contributed by atoms with Crippen molar-refractivity contribution in [3.8, 4) is 0 Å². The number of amides is 1. The van der Waals surface area contributed by atoms with Gasteiger partial charge in [-0.25, -0.2) is 9.18 Å². The van der Waals surface area contributed by atoms with E-state index in [1.54, 1.807) is 24.3 Å². The van der Waals surface area contributed by atoms with Crippen molar-refractivity contribution in [3.05, 3.63) is 30.0 Å². The van der Waals surface area contributed by atoms with Gasteiger partial charge >= 0.3 is 5.97 Å². The maximum absolute atomic E-state index is 13.7. The first-order valence-corrected chi connectivity index (χ1v) is 7.96. The van der Waals surface area contributed by atoms with Gasteiger partial charge in [-0.1, -0.05) is 18.2 Å². The van der Waals surface area contributed by atoms with Crippen LogP contribution < -0.4 is 0 Å². The topological polar surface area (TPSA) is 110 Å². The summed E-state index contributed by atoms with van der Waals surface area (Å²) in [6.07, 6.45) is -1.80. The Hall–Kier alpha value is -3.10. The van der Waals surface area contributed by atoms with E-state index in [1.807, 2.05) is 0 Å². The Kier molecular flexibility index (Phi) is 4.54. The van der Waals surface area contributed by atoms with Crippen LogP contribution in [-0.2, 0) is 20.9 Å². The van der Waals surface area contributed by atoms with Crippen LogP contribution in [0.4, 0.5) is 4.39 Å². The van der Waals surface area contributed by atoms with Gasteiger partial charge in [0.05, 0.1) is 12.1 Å². The lowest BCUT2D eigenvalue weighted by Gasteiger charge is -2.22. The molecular weight excluding hydrogens is 345 g/mol. The molecule has 1 aliphatic rings.